The molecule has 1 aliphatic rings. The molecule has 2 rings (SSSR count). The maximum Gasteiger partial charge on any atom is 0.290 e. The van der Waals surface area contributed by atoms with Gasteiger partial charge in [0.05, 0.1) is 11.0 Å². The third kappa shape index (κ3) is 2.95. The second kappa shape index (κ2) is 5.87. The summed E-state index contributed by atoms with van der Waals surface area (Å²) in [6, 6.07) is 6.24. The summed E-state index contributed by atoms with van der Waals surface area (Å²) in [4.78, 5) is 10.2. The zero-order valence-electron chi connectivity index (χ0n) is 10.1. The minimum absolute atomic E-state index is 0.0494. The van der Waals surface area contributed by atoms with Crippen LogP contribution in [0.15, 0.2) is 18.2 Å². The number of nitro groups is 1. The van der Waals surface area contributed by atoms with Crippen LogP contribution in [0.4, 0.5) is 5.69 Å². The molecular weight excluding hydrogens is 270 g/mol. The molecule has 0 spiro atoms. The molecular formula is C12H12ClN3O3. The van der Waals surface area contributed by atoms with Crippen LogP contribution in [-0.2, 0) is 0 Å². The molecule has 0 amide bonds. The second-order valence-electron chi connectivity index (χ2n) is 4.25. The Morgan fingerprint density at radius 3 is 3.00 bits per heavy atom. The van der Waals surface area contributed by atoms with Crippen molar-refractivity contribution in [2.24, 2.45) is 0 Å². The maximum absolute atomic E-state index is 10.8. The summed E-state index contributed by atoms with van der Waals surface area (Å²) >= 11 is 5.98. The monoisotopic (exact) mass is 281 g/mol. The van der Waals surface area contributed by atoms with Gasteiger partial charge in [0, 0.05) is 12.6 Å². The van der Waals surface area contributed by atoms with Crippen LogP contribution >= 0.6 is 11.8 Å². The third-order valence-electron chi connectivity index (χ3n) is 3.05. The second-order valence-corrected chi connectivity index (χ2v) is 4.68. The van der Waals surface area contributed by atoms with E-state index in [4.69, 9.17) is 21.8 Å². The average Bonchev–Trinajstić information content (AvgIpc) is 2.81. The summed E-state index contributed by atoms with van der Waals surface area (Å²) in [5, 5.41) is 19.8. The van der Waals surface area contributed by atoms with Crippen molar-refractivity contribution >= 4 is 17.5 Å². The number of benzene rings is 1. The van der Waals surface area contributed by atoms with Crippen LogP contribution in [0, 0.1) is 21.4 Å². The predicted octanol–water partition coefficient (Wildman–Crippen LogP) is 2.46. The van der Waals surface area contributed by atoms with Crippen LogP contribution in [0.1, 0.15) is 18.4 Å². The zero-order valence-corrected chi connectivity index (χ0v) is 10.8. The van der Waals surface area contributed by atoms with Gasteiger partial charge in [-0.25, -0.2) is 4.42 Å². The van der Waals surface area contributed by atoms with Crippen molar-refractivity contribution in [1.82, 2.24) is 4.42 Å². The SMILES string of the molecule is N#Cc1c(OC[C@@H]2CCCN2Cl)cccc1[N+](=O)[O-]. The molecule has 0 unspecified atom stereocenters. The van der Waals surface area contributed by atoms with Gasteiger partial charge >= 0.3 is 0 Å². The van der Waals surface area contributed by atoms with E-state index in [9.17, 15) is 10.1 Å². The highest BCUT2D eigenvalue weighted by molar-refractivity contribution is 6.13. The predicted molar refractivity (Wildman–Crippen MR) is 68.9 cm³/mol. The lowest BCUT2D eigenvalue weighted by Crippen LogP contribution is -2.26. The topological polar surface area (TPSA) is 79.4 Å². The third-order valence-corrected chi connectivity index (χ3v) is 3.49. The van der Waals surface area contributed by atoms with E-state index >= 15 is 0 Å². The number of ether oxygens (including phenoxy) is 1. The Bertz CT molecular complexity index is 529. The lowest BCUT2D eigenvalue weighted by atomic mass is 10.1. The first-order valence-corrected chi connectivity index (χ1v) is 6.20. The van der Waals surface area contributed by atoms with Gasteiger partial charge in [-0.3, -0.25) is 10.1 Å². The summed E-state index contributed by atoms with van der Waals surface area (Å²) in [5.74, 6) is 0.230. The van der Waals surface area contributed by atoms with Crippen molar-refractivity contribution in [1.29, 1.82) is 5.26 Å². The van der Waals surface area contributed by atoms with E-state index in [1.807, 2.05) is 6.07 Å². The molecule has 1 atom stereocenters. The molecule has 0 N–H and O–H groups in total. The molecule has 19 heavy (non-hydrogen) atoms. The standard InChI is InChI=1S/C12H12ClN3O3/c13-15-6-2-3-9(15)8-19-12-5-1-4-11(16(17)18)10(12)7-14/h1,4-5,9H,2-3,6,8H2/t9-/m0/s1. The molecule has 0 aromatic heterocycles. The lowest BCUT2D eigenvalue weighted by Gasteiger charge is -2.17. The highest BCUT2D eigenvalue weighted by Gasteiger charge is 2.25. The van der Waals surface area contributed by atoms with Crippen molar-refractivity contribution in [3.8, 4) is 11.8 Å². The first-order chi connectivity index (χ1) is 9.13. The molecule has 0 radical (unpaired) electrons. The van der Waals surface area contributed by atoms with Crippen LogP contribution in [0.25, 0.3) is 0 Å². The Balaban J connectivity index is 2.14. The number of nitriles is 1. The van der Waals surface area contributed by atoms with Gasteiger partial charge in [-0.15, -0.1) is 0 Å². The van der Waals surface area contributed by atoms with E-state index in [0.29, 0.717) is 6.61 Å². The Kier molecular flexibility index (Phi) is 4.20. The highest BCUT2D eigenvalue weighted by Crippen LogP contribution is 2.28. The van der Waals surface area contributed by atoms with E-state index in [1.54, 1.807) is 10.5 Å². The van der Waals surface area contributed by atoms with Crippen LogP contribution in [0.5, 0.6) is 5.75 Å². The van der Waals surface area contributed by atoms with Crippen molar-refractivity contribution in [3.63, 3.8) is 0 Å². The summed E-state index contributed by atoms with van der Waals surface area (Å²) in [5.41, 5.74) is -0.291. The molecule has 100 valence electrons. The van der Waals surface area contributed by atoms with E-state index in [1.165, 1.54) is 12.1 Å². The molecule has 0 bridgehead atoms. The van der Waals surface area contributed by atoms with E-state index in [2.05, 4.69) is 0 Å². The van der Waals surface area contributed by atoms with Crippen molar-refractivity contribution in [3.05, 3.63) is 33.9 Å². The van der Waals surface area contributed by atoms with E-state index in [-0.39, 0.29) is 23.0 Å². The molecule has 7 heteroatoms. The fraction of sp³-hybridized carbons (Fsp3) is 0.417. The first kappa shape index (κ1) is 13.6. The number of halogens is 1. The molecule has 0 aliphatic carbocycles. The molecule has 1 aliphatic heterocycles. The Hall–Kier alpha value is -1.84. The van der Waals surface area contributed by atoms with Crippen molar-refractivity contribution in [2.45, 2.75) is 18.9 Å². The minimum Gasteiger partial charge on any atom is -0.490 e. The number of nitro benzene ring substituents is 1. The van der Waals surface area contributed by atoms with Crippen molar-refractivity contribution in [2.75, 3.05) is 13.2 Å². The van der Waals surface area contributed by atoms with Crippen LogP contribution in [-0.4, -0.2) is 28.5 Å². The fourth-order valence-corrected chi connectivity index (χ4v) is 2.33. The Labute approximate surface area is 115 Å². The Morgan fingerprint density at radius 2 is 2.42 bits per heavy atom. The Morgan fingerprint density at radius 1 is 1.63 bits per heavy atom. The molecule has 1 aromatic carbocycles. The number of hydrogen-bond acceptors (Lipinski definition) is 5. The molecule has 1 heterocycles. The number of rotatable bonds is 4. The number of nitrogens with zero attached hydrogens (tertiary/aromatic N) is 3. The van der Waals surface area contributed by atoms with Gasteiger partial charge in [0.1, 0.15) is 18.4 Å². The van der Waals surface area contributed by atoms with E-state index < -0.39 is 4.92 Å². The van der Waals surface area contributed by atoms with Crippen molar-refractivity contribution < 1.29 is 9.66 Å². The molecule has 6 nitrogen and oxygen atoms in total. The smallest absolute Gasteiger partial charge is 0.290 e. The van der Waals surface area contributed by atoms with Crippen LogP contribution < -0.4 is 4.74 Å². The quantitative estimate of drug-likeness (QED) is 0.481. The maximum atomic E-state index is 10.8. The van der Waals surface area contributed by atoms with Gasteiger partial charge in [-0.05, 0) is 30.7 Å². The summed E-state index contributed by atoms with van der Waals surface area (Å²) < 4.78 is 7.19. The zero-order chi connectivity index (χ0) is 13.8. The van der Waals surface area contributed by atoms with Gasteiger partial charge in [-0.2, -0.15) is 5.26 Å². The molecule has 0 saturated carbocycles. The van der Waals surface area contributed by atoms with Gasteiger partial charge < -0.3 is 4.74 Å². The summed E-state index contributed by atoms with van der Waals surface area (Å²) in [6.07, 6.45) is 1.91. The summed E-state index contributed by atoms with van der Waals surface area (Å²) in [6.45, 7) is 1.12. The van der Waals surface area contributed by atoms with Gasteiger partial charge in [0.25, 0.3) is 5.69 Å². The van der Waals surface area contributed by atoms with E-state index in [0.717, 1.165) is 19.4 Å². The van der Waals surface area contributed by atoms with Crippen LogP contribution in [0.3, 0.4) is 0 Å². The van der Waals surface area contributed by atoms with Gasteiger partial charge in [0.2, 0.25) is 0 Å². The van der Waals surface area contributed by atoms with Gasteiger partial charge in [-0.1, -0.05) is 6.07 Å². The molecule has 1 fully saturated rings. The molecule has 1 aromatic rings. The summed E-state index contributed by atoms with van der Waals surface area (Å²) in [7, 11) is 0. The lowest BCUT2D eigenvalue weighted by molar-refractivity contribution is -0.385. The minimum atomic E-state index is -0.588. The highest BCUT2D eigenvalue weighted by atomic mass is 35.5. The largest absolute Gasteiger partial charge is 0.490 e. The first-order valence-electron chi connectivity index (χ1n) is 5.86. The molecule has 1 saturated heterocycles. The average molecular weight is 282 g/mol. The number of hydrogen-bond donors (Lipinski definition) is 0. The fourth-order valence-electron chi connectivity index (χ4n) is 2.06. The van der Waals surface area contributed by atoms with Gasteiger partial charge in [0.15, 0.2) is 5.56 Å². The normalized spacial score (nSPS) is 19.1. The van der Waals surface area contributed by atoms with Crippen LogP contribution in [0.2, 0.25) is 0 Å².